The van der Waals surface area contributed by atoms with Gasteiger partial charge in [0.15, 0.2) is 0 Å². The van der Waals surface area contributed by atoms with E-state index in [9.17, 15) is 9.59 Å². The monoisotopic (exact) mass is 255 g/mol. The molecule has 1 amide bonds. The second-order valence-corrected chi connectivity index (χ2v) is 4.68. The molecule has 1 aromatic carbocycles. The molecule has 96 valence electrons. The molecule has 0 saturated carbocycles. The van der Waals surface area contributed by atoms with Gasteiger partial charge < -0.3 is 4.90 Å². The number of amides is 1. The Kier molecular flexibility index (Phi) is 2.67. The summed E-state index contributed by atoms with van der Waals surface area (Å²) >= 11 is 0. The zero-order valence-corrected chi connectivity index (χ0v) is 10.5. The largest absolute Gasteiger partial charge is 0.306 e. The van der Waals surface area contributed by atoms with Crippen LogP contribution in [-0.4, -0.2) is 22.6 Å². The highest BCUT2D eigenvalue weighted by Gasteiger charge is 2.30. The molecule has 2 heterocycles. The second-order valence-electron chi connectivity index (χ2n) is 4.68. The molecule has 1 aromatic heterocycles. The molecule has 0 radical (unpaired) electrons. The Balaban J connectivity index is 1.98. The summed E-state index contributed by atoms with van der Waals surface area (Å²) in [4.78, 5) is 25.1. The Morgan fingerprint density at radius 3 is 2.84 bits per heavy atom. The predicted octanol–water partition coefficient (Wildman–Crippen LogP) is 1.53. The number of hydrogen-bond acceptors (Lipinski definition) is 3. The number of hydrogen-bond donors (Lipinski definition) is 1. The van der Waals surface area contributed by atoms with Gasteiger partial charge in [-0.15, -0.1) is 0 Å². The molecule has 1 aliphatic heterocycles. The maximum Gasteiger partial charge on any atom is 0.278 e. The van der Waals surface area contributed by atoms with Crippen LogP contribution >= 0.6 is 0 Å². The van der Waals surface area contributed by atoms with Crippen LogP contribution in [-0.2, 0) is 0 Å². The first-order chi connectivity index (χ1) is 9.16. The molecule has 1 atom stereocenters. The molecule has 1 aliphatic rings. The smallest absolute Gasteiger partial charge is 0.278 e. The van der Waals surface area contributed by atoms with Crippen LogP contribution in [0.1, 0.15) is 28.9 Å². The molecule has 5 nitrogen and oxygen atoms in total. The number of nitrogens with zero attached hydrogens (tertiary/aromatic N) is 2. The molecule has 0 saturated heterocycles. The highest BCUT2D eigenvalue weighted by Crippen LogP contribution is 2.36. The standard InChI is InChI=1S/C14H13N3O2/c1-9-8-17(12-5-3-2-4-10(9)12)14(19)11-6-7-13(18)16-15-11/h2-7,9H,8H2,1H3,(H,16,18). The molecule has 0 fully saturated rings. The van der Waals surface area contributed by atoms with Gasteiger partial charge >= 0.3 is 0 Å². The lowest BCUT2D eigenvalue weighted by Gasteiger charge is -2.16. The third-order valence-electron chi connectivity index (χ3n) is 3.36. The Hall–Kier alpha value is -2.43. The fourth-order valence-corrected chi connectivity index (χ4v) is 2.41. The van der Waals surface area contributed by atoms with Gasteiger partial charge in [-0.25, -0.2) is 5.10 Å². The Morgan fingerprint density at radius 2 is 2.11 bits per heavy atom. The summed E-state index contributed by atoms with van der Waals surface area (Å²) in [5, 5.41) is 6.08. The van der Waals surface area contributed by atoms with E-state index in [1.165, 1.54) is 17.7 Å². The van der Waals surface area contributed by atoms with Crippen molar-refractivity contribution in [2.75, 3.05) is 11.4 Å². The summed E-state index contributed by atoms with van der Waals surface area (Å²) < 4.78 is 0. The number of anilines is 1. The van der Waals surface area contributed by atoms with Crippen LogP contribution in [0.2, 0.25) is 0 Å². The minimum absolute atomic E-state index is 0.187. The number of H-pyrrole nitrogens is 1. The van der Waals surface area contributed by atoms with Crippen LogP contribution in [0.4, 0.5) is 5.69 Å². The number of rotatable bonds is 1. The van der Waals surface area contributed by atoms with Crippen molar-refractivity contribution in [2.24, 2.45) is 0 Å². The minimum atomic E-state index is -0.313. The first kappa shape index (κ1) is 11.6. The topological polar surface area (TPSA) is 66.1 Å². The van der Waals surface area contributed by atoms with Gasteiger partial charge in [0.2, 0.25) is 0 Å². The summed E-state index contributed by atoms with van der Waals surface area (Å²) in [6.45, 7) is 2.73. The minimum Gasteiger partial charge on any atom is -0.306 e. The molecule has 0 spiro atoms. The van der Waals surface area contributed by atoms with E-state index in [0.717, 1.165) is 5.69 Å². The van der Waals surface area contributed by atoms with Crippen LogP contribution in [0, 0.1) is 0 Å². The van der Waals surface area contributed by atoms with E-state index in [-0.39, 0.29) is 17.2 Å². The van der Waals surface area contributed by atoms with Crippen molar-refractivity contribution in [1.29, 1.82) is 0 Å². The van der Waals surface area contributed by atoms with Crippen LogP contribution in [0.25, 0.3) is 0 Å². The third kappa shape index (κ3) is 1.93. The first-order valence-corrected chi connectivity index (χ1v) is 6.13. The van der Waals surface area contributed by atoms with Crippen LogP contribution < -0.4 is 10.5 Å². The predicted molar refractivity (Wildman–Crippen MR) is 71.4 cm³/mol. The van der Waals surface area contributed by atoms with Crippen LogP contribution in [0.3, 0.4) is 0 Å². The molecule has 2 aromatic rings. The van der Waals surface area contributed by atoms with Crippen molar-refractivity contribution in [2.45, 2.75) is 12.8 Å². The van der Waals surface area contributed by atoms with Gasteiger partial charge in [-0.1, -0.05) is 25.1 Å². The zero-order valence-electron chi connectivity index (χ0n) is 10.5. The highest BCUT2D eigenvalue weighted by molar-refractivity contribution is 6.06. The normalized spacial score (nSPS) is 17.3. The van der Waals surface area contributed by atoms with Gasteiger partial charge in [-0.05, 0) is 17.7 Å². The van der Waals surface area contributed by atoms with Crippen LogP contribution in [0.5, 0.6) is 0 Å². The number of benzene rings is 1. The van der Waals surface area contributed by atoms with Crippen molar-refractivity contribution < 1.29 is 4.79 Å². The Bertz CT molecular complexity index is 673. The molecule has 1 N–H and O–H groups in total. The fourth-order valence-electron chi connectivity index (χ4n) is 2.41. The molecular weight excluding hydrogens is 242 g/mol. The van der Waals surface area contributed by atoms with E-state index >= 15 is 0 Å². The van der Waals surface area contributed by atoms with E-state index in [1.807, 2.05) is 24.3 Å². The third-order valence-corrected chi connectivity index (χ3v) is 3.36. The Morgan fingerprint density at radius 1 is 1.32 bits per heavy atom. The zero-order chi connectivity index (χ0) is 13.4. The fraction of sp³-hybridized carbons (Fsp3) is 0.214. The van der Waals surface area contributed by atoms with Crippen molar-refractivity contribution in [3.05, 3.63) is 58.0 Å². The molecular formula is C14H13N3O2. The molecule has 0 bridgehead atoms. The second kappa shape index (κ2) is 4.35. The number of para-hydroxylation sites is 1. The van der Waals surface area contributed by atoms with Crippen molar-refractivity contribution in [3.8, 4) is 0 Å². The molecule has 3 rings (SSSR count). The van der Waals surface area contributed by atoms with Gasteiger partial charge in [0.25, 0.3) is 11.5 Å². The van der Waals surface area contributed by atoms with Gasteiger partial charge in [0.1, 0.15) is 5.69 Å². The van der Waals surface area contributed by atoms with Crippen molar-refractivity contribution in [1.82, 2.24) is 10.2 Å². The number of nitrogens with one attached hydrogen (secondary N) is 1. The number of carbonyl (C=O) groups excluding carboxylic acids is 1. The molecule has 19 heavy (non-hydrogen) atoms. The van der Waals surface area contributed by atoms with Crippen molar-refractivity contribution >= 4 is 11.6 Å². The summed E-state index contributed by atoms with van der Waals surface area (Å²) in [6, 6.07) is 10.6. The van der Waals surface area contributed by atoms with E-state index in [0.29, 0.717) is 12.5 Å². The number of aromatic amines is 1. The Labute approximate surface area is 109 Å². The number of fused-ring (bicyclic) bond motifs is 1. The summed E-state index contributed by atoms with van der Waals surface area (Å²) in [7, 11) is 0. The van der Waals surface area contributed by atoms with Gasteiger partial charge in [0.05, 0.1) is 0 Å². The van der Waals surface area contributed by atoms with Crippen molar-refractivity contribution in [3.63, 3.8) is 0 Å². The molecule has 0 aliphatic carbocycles. The number of aromatic nitrogens is 2. The van der Waals surface area contributed by atoms with E-state index < -0.39 is 0 Å². The highest BCUT2D eigenvalue weighted by atomic mass is 16.2. The number of carbonyl (C=O) groups is 1. The van der Waals surface area contributed by atoms with Gasteiger partial charge in [0, 0.05) is 24.2 Å². The van der Waals surface area contributed by atoms with Crippen LogP contribution in [0.15, 0.2) is 41.2 Å². The average molecular weight is 255 g/mol. The van der Waals surface area contributed by atoms with Gasteiger partial charge in [-0.2, -0.15) is 5.10 Å². The van der Waals surface area contributed by atoms with Gasteiger partial charge in [-0.3, -0.25) is 9.59 Å². The maximum absolute atomic E-state index is 12.4. The van der Waals surface area contributed by atoms with E-state index in [4.69, 9.17) is 0 Å². The lowest BCUT2D eigenvalue weighted by molar-refractivity contribution is 0.0982. The average Bonchev–Trinajstić information content (AvgIpc) is 2.77. The SMILES string of the molecule is CC1CN(C(=O)c2ccc(=O)[nH]n2)c2ccccc21. The summed E-state index contributed by atoms with van der Waals surface area (Å²) in [6.07, 6.45) is 0. The maximum atomic E-state index is 12.4. The summed E-state index contributed by atoms with van der Waals surface area (Å²) in [5.74, 6) is 0.121. The van der Waals surface area contributed by atoms with E-state index in [1.54, 1.807) is 4.90 Å². The first-order valence-electron chi connectivity index (χ1n) is 6.13. The lowest BCUT2D eigenvalue weighted by Crippen LogP contribution is -2.31. The summed E-state index contributed by atoms with van der Waals surface area (Å²) in [5.41, 5.74) is 2.03. The molecule has 5 heteroatoms. The quantitative estimate of drug-likeness (QED) is 0.840. The lowest BCUT2D eigenvalue weighted by atomic mass is 10.0. The molecule has 1 unspecified atom stereocenters. The van der Waals surface area contributed by atoms with E-state index in [2.05, 4.69) is 17.1 Å².